The SMILES string of the molecule is CCCOc1ccc(CN=C(N)NCC(C)C)c(OC(F)F)c1.I. The van der Waals surface area contributed by atoms with E-state index in [4.69, 9.17) is 10.5 Å². The molecule has 0 aliphatic rings. The van der Waals surface area contributed by atoms with E-state index in [1.54, 1.807) is 12.1 Å². The average molecular weight is 457 g/mol. The van der Waals surface area contributed by atoms with Gasteiger partial charge in [-0.25, -0.2) is 4.99 Å². The van der Waals surface area contributed by atoms with Crippen LogP contribution in [-0.4, -0.2) is 25.7 Å². The van der Waals surface area contributed by atoms with Crippen LogP contribution in [0.1, 0.15) is 32.8 Å². The summed E-state index contributed by atoms with van der Waals surface area (Å²) in [6.07, 6.45) is 0.829. The summed E-state index contributed by atoms with van der Waals surface area (Å²) in [7, 11) is 0. The van der Waals surface area contributed by atoms with Crippen LogP contribution in [0, 0.1) is 5.92 Å². The Morgan fingerprint density at radius 1 is 1.33 bits per heavy atom. The topological polar surface area (TPSA) is 68.9 Å². The zero-order valence-electron chi connectivity index (χ0n) is 14.2. The molecular formula is C16H26F2IN3O2. The van der Waals surface area contributed by atoms with Crippen molar-refractivity contribution in [3.63, 3.8) is 0 Å². The van der Waals surface area contributed by atoms with Crippen LogP contribution in [-0.2, 0) is 6.54 Å². The lowest BCUT2D eigenvalue weighted by molar-refractivity contribution is -0.0505. The van der Waals surface area contributed by atoms with Crippen molar-refractivity contribution in [1.82, 2.24) is 5.32 Å². The number of aliphatic imine (C=N–C) groups is 1. The Hall–Kier alpha value is -1.32. The first-order chi connectivity index (χ1) is 10.9. The molecule has 0 spiro atoms. The van der Waals surface area contributed by atoms with E-state index in [0.29, 0.717) is 30.4 Å². The van der Waals surface area contributed by atoms with Crippen molar-refractivity contribution in [2.75, 3.05) is 13.2 Å². The van der Waals surface area contributed by atoms with Crippen LogP contribution in [0.15, 0.2) is 23.2 Å². The zero-order valence-corrected chi connectivity index (χ0v) is 16.6. The number of nitrogens with zero attached hydrogens (tertiary/aromatic N) is 1. The summed E-state index contributed by atoms with van der Waals surface area (Å²) >= 11 is 0. The van der Waals surface area contributed by atoms with Crippen LogP contribution in [0.2, 0.25) is 0 Å². The highest BCUT2D eigenvalue weighted by Gasteiger charge is 2.11. The van der Waals surface area contributed by atoms with E-state index in [1.165, 1.54) is 6.07 Å². The number of nitrogens with two attached hydrogens (primary N) is 1. The van der Waals surface area contributed by atoms with E-state index in [1.807, 2.05) is 20.8 Å². The highest BCUT2D eigenvalue weighted by atomic mass is 127. The Balaban J connectivity index is 0.00000529. The van der Waals surface area contributed by atoms with Crippen LogP contribution in [0.3, 0.4) is 0 Å². The second kappa shape index (κ2) is 12.1. The molecule has 0 aliphatic carbocycles. The molecule has 24 heavy (non-hydrogen) atoms. The van der Waals surface area contributed by atoms with Gasteiger partial charge < -0.3 is 20.5 Å². The molecule has 0 aliphatic heterocycles. The average Bonchev–Trinajstić information content (AvgIpc) is 2.49. The van der Waals surface area contributed by atoms with Gasteiger partial charge in [0.25, 0.3) is 0 Å². The molecule has 0 saturated carbocycles. The van der Waals surface area contributed by atoms with E-state index in [0.717, 1.165) is 6.42 Å². The van der Waals surface area contributed by atoms with E-state index in [9.17, 15) is 8.78 Å². The van der Waals surface area contributed by atoms with Crippen molar-refractivity contribution in [3.8, 4) is 11.5 Å². The maximum Gasteiger partial charge on any atom is 0.387 e. The number of guanidine groups is 1. The van der Waals surface area contributed by atoms with Crippen molar-refractivity contribution in [2.45, 2.75) is 40.3 Å². The summed E-state index contributed by atoms with van der Waals surface area (Å²) in [5.74, 6) is 1.24. The Kier molecular flexibility index (Phi) is 11.4. The number of rotatable bonds is 9. The molecule has 138 valence electrons. The molecule has 0 fully saturated rings. The fraction of sp³-hybridized carbons (Fsp3) is 0.562. The lowest BCUT2D eigenvalue weighted by Gasteiger charge is -2.13. The Labute approximate surface area is 159 Å². The molecule has 0 amide bonds. The predicted octanol–water partition coefficient (Wildman–Crippen LogP) is 3.76. The maximum atomic E-state index is 12.6. The molecule has 0 radical (unpaired) electrons. The third-order valence-corrected chi connectivity index (χ3v) is 2.84. The number of hydrogen-bond acceptors (Lipinski definition) is 3. The van der Waals surface area contributed by atoms with Gasteiger partial charge in [-0.2, -0.15) is 8.78 Å². The van der Waals surface area contributed by atoms with Crippen LogP contribution in [0.4, 0.5) is 8.78 Å². The minimum atomic E-state index is -2.91. The molecular weight excluding hydrogens is 431 g/mol. The van der Waals surface area contributed by atoms with Gasteiger partial charge in [-0.1, -0.05) is 20.8 Å². The molecule has 1 aromatic rings. The van der Waals surface area contributed by atoms with Crippen LogP contribution < -0.4 is 20.5 Å². The third kappa shape index (κ3) is 9.09. The van der Waals surface area contributed by atoms with E-state index < -0.39 is 6.61 Å². The molecule has 8 heteroatoms. The first-order valence-corrected chi connectivity index (χ1v) is 7.66. The van der Waals surface area contributed by atoms with Gasteiger partial charge in [-0.15, -0.1) is 24.0 Å². The van der Waals surface area contributed by atoms with Crippen molar-refractivity contribution >= 4 is 29.9 Å². The van der Waals surface area contributed by atoms with Gasteiger partial charge in [0, 0.05) is 18.2 Å². The molecule has 0 aromatic heterocycles. The maximum absolute atomic E-state index is 12.6. The summed E-state index contributed by atoms with van der Waals surface area (Å²) in [6, 6.07) is 4.81. The molecule has 0 atom stereocenters. The monoisotopic (exact) mass is 457 g/mol. The van der Waals surface area contributed by atoms with Gasteiger partial charge in [0.1, 0.15) is 11.5 Å². The zero-order chi connectivity index (χ0) is 17.2. The Morgan fingerprint density at radius 2 is 2.04 bits per heavy atom. The first kappa shape index (κ1) is 22.7. The minimum absolute atomic E-state index is 0. The number of ether oxygens (including phenoxy) is 2. The summed E-state index contributed by atoms with van der Waals surface area (Å²) in [4.78, 5) is 4.14. The first-order valence-electron chi connectivity index (χ1n) is 7.66. The fourth-order valence-electron chi connectivity index (χ4n) is 1.72. The fourth-order valence-corrected chi connectivity index (χ4v) is 1.72. The van der Waals surface area contributed by atoms with E-state index >= 15 is 0 Å². The smallest absolute Gasteiger partial charge is 0.387 e. The quantitative estimate of drug-likeness (QED) is 0.337. The molecule has 1 rings (SSSR count). The standard InChI is InChI=1S/C16H25F2N3O2.HI/c1-4-7-22-13-6-5-12(14(8-13)23-15(17)18)10-21-16(19)20-9-11(2)3;/h5-6,8,11,15H,4,7,9-10H2,1-3H3,(H3,19,20,21);1H. The second-order valence-corrected chi connectivity index (χ2v) is 5.47. The summed E-state index contributed by atoms with van der Waals surface area (Å²) in [5, 5.41) is 2.97. The number of halogens is 3. The van der Waals surface area contributed by atoms with Gasteiger partial charge in [-0.05, 0) is 24.5 Å². The number of nitrogens with one attached hydrogen (secondary N) is 1. The second-order valence-electron chi connectivity index (χ2n) is 5.47. The highest BCUT2D eigenvalue weighted by molar-refractivity contribution is 14.0. The summed E-state index contributed by atoms with van der Waals surface area (Å²) in [6.45, 7) is 4.50. The third-order valence-electron chi connectivity index (χ3n) is 2.84. The van der Waals surface area contributed by atoms with Crippen LogP contribution in [0.25, 0.3) is 0 Å². The Bertz CT molecular complexity index is 514. The molecule has 0 unspecified atom stereocenters. The van der Waals surface area contributed by atoms with Crippen molar-refractivity contribution in [2.24, 2.45) is 16.6 Å². The summed E-state index contributed by atoms with van der Waals surface area (Å²) < 4.78 is 35.1. The van der Waals surface area contributed by atoms with Gasteiger partial charge in [-0.3, -0.25) is 0 Å². The number of alkyl halides is 2. The van der Waals surface area contributed by atoms with Crippen molar-refractivity contribution in [3.05, 3.63) is 23.8 Å². The van der Waals surface area contributed by atoms with E-state index in [2.05, 4.69) is 15.0 Å². The molecule has 5 nitrogen and oxygen atoms in total. The molecule has 1 aromatic carbocycles. The number of benzene rings is 1. The van der Waals surface area contributed by atoms with Crippen molar-refractivity contribution < 1.29 is 18.3 Å². The van der Waals surface area contributed by atoms with Gasteiger partial charge >= 0.3 is 6.61 Å². The van der Waals surface area contributed by atoms with Crippen molar-refractivity contribution in [1.29, 1.82) is 0 Å². The number of hydrogen-bond donors (Lipinski definition) is 2. The van der Waals surface area contributed by atoms with Gasteiger partial charge in [0.15, 0.2) is 5.96 Å². The van der Waals surface area contributed by atoms with E-state index in [-0.39, 0.29) is 42.2 Å². The predicted molar refractivity (Wildman–Crippen MR) is 102 cm³/mol. The lowest BCUT2D eigenvalue weighted by atomic mass is 10.2. The largest absolute Gasteiger partial charge is 0.493 e. The van der Waals surface area contributed by atoms with Crippen LogP contribution in [0.5, 0.6) is 11.5 Å². The normalized spacial score (nSPS) is 11.4. The van der Waals surface area contributed by atoms with Gasteiger partial charge in [0.2, 0.25) is 0 Å². The molecule has 3 N–H and O–H groups in total. The molecule has 0 bridgehead atoms. The van der Waals surface area contributed by atoms with Gasteiger partial charge in [0.05, 0.1) is 13.2 Å². The summed E-state index contributed by atoms with van der Waals surface area (Å²) in [5.41, 5.74) is 6.26. The Morgan fingerprint density at radius 3 is 2.62 bits per heavy atom. The minimum Gasteiger partial charge on any atom is -0.493 e. The molecule has 0 heterocycles. The van der Waals surface area contributed by atoms with Crippen LogP contribution >= 0.6 is 24.0 Å². The molecule has 0 saturated heterocycles. The lowest BCUT2D eigenvalue weighted by Crippen LogP contribution is -2.34. The highest BCUT2D eigenvalue weighted by Crippen LogP contribution is 2.27.